The monoisotopic (exact) mass is 294 g/mol. The van der Waals surface area contributed by atoms with E-state index in [0.29, 0.717) is 18.7 Å². The van der Waals surface area contributed by atoms with Crippen LogP contribution in [-0.4, -0.2) is 39.0 Å². The van der Waals surface area contributed by atoms with Crippen molar-refractivity contribution in [3.8, 4) is 0 Å². The van der Waals surface area contributed by atoms with Crippen molar-refractivity contribution in [1.29, 1.82) is 0 Å². The van der Waals surface area contributed by atoms with E-state index in [1.165, 1.54) is 21.4 Å². The van der Waals surface area contributed by atoms with Crippen LogP contribution in [0.5, 0.6) is 0 Å². The van der Waals surface area contributed by atoms with Crippen LogP contribution in [0.3, 0.4) is 0 Å². The van der Waals surface area contributed by atoms with Crippen LogP contribution >= 0.6 is 0 Å². The van der Waals surface area contributed by atoms with Gasteiger partial charge in [-0.15, -0.1) is 0 Å². The van der Waals surface area contributed by atoms with Crippen LogP contribution in [0.2, 0.25) is 0 Å². The molecule has 0 aromatic carbocycles. The molecule has 1 aliphatic heterocycles. The minimum absolute atomic E-state index is 0.157. The van der Waals surface area contributed by atoms with Crippen molar-refractivity contribution < 1.29 is 8.42 Å². The summed E-state index contributed by atoms with van der Waals surface area (Å²) in [7, 11) is -1.87. The average Bonchev–Trinajstić information content (AvgIpc) is 2.85. The number of nitrogens with zero attached hydrogens (tertiary/aromatic N) is 5. The first kappa shape index (κ1) is 13.0. The normalized spacial score (nSPS) is 16.1. The van der Waals surface area contributed by atoms with Gasteiger partial charge in [-0.3, -0.25) is 4.68 Å². The third-order valence-electron chi connectivity index (χ3n) is 3.25. The average molecular weight is 294 g/mol. The first-order valence-electron chi connectivity index (χ1n) is 6.06. The van der Waals surface area contributed by atoms with Gasteiger partial charge in [0.05, 0.1) is 18.4 Å². The summed E-state index contributed by atoms with van der Waals surface area (Å²) in [6.07, 6.45) is 5.07. The van der Waals surface area contributed by atoms with Crippen molar-refractivity contribution in [2.24, 2.45) is 7.05 Å². The highest BCUT2D eigenvalue weighted by Gasteiger charge is 2.30. The molecule has 0 fully saturated rings. The summed E-state index contributed by atoms with van der Waals surface area (Å²) >= 11 is 0. The quantitative estimate of drug-likeness (QED) is 0.803. The molecule has 1 aliphatic rings. The molecule has 0 aliphatic carbocycles. The third kappa shape index (κ3) is 2.14. The number of hydrogen-bond acceptors (Lipinski definition) is 6. The standard InChI is InChI=1S/C11H14N6O2S/c1-16-6-9(5-14-16)20(18,19)17-3-2-8-4-13-11(12)15-10(8)7-17/h4-6H,2-3,7H2,1H3,(H2,12,13,15). The third-order valence-corrected chi connectivity index (χ3v) is 5.05. The Balaban J connectivity index is 1.93. The smallest absolute Gasteiger partial charge is 0.246 e. The Morgan fingerprint density at radius 3 is 2.85 bits per heavy atom. The number of sulfonamides is 1. The lowest BCUT2D eigenvalue weighted by molar-refractivity contribution is 0.385. The summed E-state index contributed by atoms with van der Waals surface area (Å²) < 4.78 is 27.8. The van der Waals surface area contributed by atoms with Crippen molar-refractivity contribution in [1.82, 2.24) is 24.1 Å². The van der Waals surface area contributed by atoms with E-state index in [2.05, 4.69) is 15.1 Å². The van der Waals surface area contributed by atoms with Gasteiger partial charge in [-0.25, -0.2) is 18.4 Å². The van der Waals surface area contributed by atoms with Crippen LogP contribution in [0.4, 0.5) is 5.95 Å². The van der Waals surface area contributed by atoms with Crippen molar-refractivity contribution in [2.75, 3.05) is 12.3 Å². The van der Waals surface area contributed by atoms with Crippen LogP contribution in [0.25, 0.3) is 0 Å². The van der Waals surface area contributed by atoms with Gasteiger partial charge in [0.15, 0.2) is 0 Å². The maximum absolute atomic E-state index is 12.5. The molecule has 0 bridgehead atoms. The van der Waals surface area contributed by atoms with Gasteiger partial charge < -0.3 is 5.73 Å². The van der Waals surface area contributed by atoms with Gasteiger partial charge in [-0.05, 0) is 12.0 Å². The molecule has 0 radical (unpaired) electrons. The van der Waals surface area contributed by atoms with Gasteiger partial charge in [0.1, 0.15) is 4.90 Å². The Bertz CT molecular complexity index is 754. The van der Waals surface area contributed by atoms with E-state index in [-0.39, 0.29) is 17.4 Å². The van der Waals surface area contributed by atoms with Crippen molar-refractivity contribution >= 4 is 16.0 Å². The van der Waals surface area contributed by atoms with Crippen LogP contribution in [0, 0.1) is 0 Å². The molecule has 0 saturated heterocycles. The molecule has 9 heteroatoms. The summed E-state index contributed by atoms with van der Waals surface area (Å²) in [6.45, 7) is 0.608. The molecule has 2 aromatic heterocycles. The molecule has 3 rings (SSSR count). The predicted molar refractivity (Wildman–Crippen MR) is 71.0 cm³/mol. The van der Waals surface area contributed by atoms with Crippen molar-refractivity contribution in [3.05, 3.63) is 29.8 Å². The summed E-state index contributed by atoms with van der Waals surface area (Å²) in [5, 5.41) is 3.90. The lowest BCUT2D eigenvalue weighted by atomic mass is 10.1. The zero-order valence-electron chi connectivity index (χ0n) is 10.9. The highest BCUT2D eigenvalue weighted by molar-refractivity contribution is 7.89. The molecule has 0 unspecified atom stereocenters. The number of fused-ring (bicyclic) bond motifs is 1. The fraction of sp³-hybridized carbons (Fsp3) is 0.364. The first-order chi connectivity index (χ1) is 9.46. The number of aromatic nitrogens is 4. The molecule has 0 atom stereocenters. The molecule has 0 spiro atoms. The van der Waals surface area contributed by atoms with E-state index in [0.717, 1.165) is 5.56 Å². The number of nitrogens with two attached hydrogens (primary N) is 1. The molecule has 20 heavy (non-hydrogen) atoms. The Labute approximate surface area is 116 Å². The van der Waals surface area contributed by atoms with Crippen molar-refractivity contribution in [2.45, 2.75) is 17.9 Å². The van der Waals surface area contributed by atoms with E-state index in [9.17, 15) is 8.42 Å². The number of hydrogen-bond donors (Lipinski definition) is 1. The van der Waals surface area contributed by atoms with Crippen LogP contribution in [0.15, 0.2) is 23.5 Å². The lowest BCUT2D eigenvalue weighted by Gasteiger charge is -2.26. The number of aryl methyl sites for hydroxylation is 1. The molecule has 0 amide bonds. The highest BCUT2D eigenvalue weighted by Crippen LogP contribution is 2.23. The fourth-order valence-corrected chi connectivity index (χ4v) is 3.57. The number of anilines is 1. The Morgan fingerprint density at radius 2 is 2.15 bits per heavy atom. The van der Waals surface area contributed by atoms with E-state index in [4.69, 9.17) is 5.73 Å². The highest BCUT2D eigenvalue weighted by atomic mass is 32.2. The van der Waals surface area contributed by atoms with E-state index < -0.39 is 10.0 Å². The SMILES string of the molecule is Cn1cc(S(=O)(=O)N2CCc3cnc(N)nc3C2)cn1. The molecular formula is C11H14N6O2S. The van der Waals surface area contributed by atoms with Gasteiger partial charge in [0.25, 0.3) is 0 Å². The predicted octanol–water partition coefficient (Wildman–Crippen LogP) is -0.461. The number of rotatable bonds is 2. The van der Waals surface area contributed by atoms with Gasteiger partial charge >= 0.3 is 0 Å². The Hall–Kier alpha value is -2.00. The van der Waals surface area contributed by atoms with Gasteiger partial charge in [-0.2, -0.15) is 9.40 Å². The summed E-state index contributed by atoms with van der Waals surface area (Å²) in [5.74, 6) is 0.157. The van der Waals surface area contributed by atoms with Crippen molar-refractivity contribution in [3.63, 3.8) is 0 Å². The summed E-state index contributed by atoms with van der Waals surface area (Å²) in [4.78, 5) is 8.23. The lowest BCUT2D eigenvalue weighted by Crippen LogP contribution is -2.36. The van der Waals surface area contributed by atoms with Crippen LogP contribution in [-0.2, 0) is 30.0 Å². The van der Waals surface area contributed by atoms with Gasteiger partial charge in [-0.1, -0.05) is 0 Å². The maximum atomic E-state index is 12.5. The first-order valence-corrected chi connectivity index (χ1v) is 7.50. The van der Waals surface area contributed by atoms with Crippen LogP contribution in [0.1, 0.15) is 11.3 Å². The van der Waals surface area contributed by atoms with E-state index >= 15 is 0 Å². The second kappa shape index (κ2) is 4.53. The minimum atomic E-state index is -3.55. The minimum Gasteiger partial charge on any atom is -0.368 e. The Kier molecular flexibility index (Phi) is 2.94. The second-order valence-corrected chi connectivity index (χ2v) is 6.58. The molecule has 2 N–H and O–H groups in total. The number of nitrogen functional groups attached to an aromatic ring is 1. The van der Waals surface area contributed by atoms with E-state index in [1.54, 1.807) is 13.2 Å². The topological polar surface area (TPSA) is 107 Å². The maximum Gasteiger partial charge on any atom is 0.246 e. The molecular weight excluding hydrogens is 280 g/mol. The summed E-state index contributed by atoms with van der Waals surface area (Å²) in [5.41, 5.74) is 7.15. The van der Waals surface area contributed by atoms with Gasteiger partial charge in [0.2, 0.25) is 16.0 Å². The van der Waals surface area contributed by atoms with E-state index in [1.807, 2.05) is 0 Å². The largest absolute Gasteiger partial charge is 0.368 e. The fourth-order valence-electron chi connectivity index (χ4n) is 2.18. The molecule has 0 saturated carbocycles. The summed E-state index contributed by atoms with van der Waals surface area (Å²) in [6, 6.07) is 0. The molecule has 106 valence electrons. The van der Waals surface area contributed by atoms with Gasteiger partial charge in [0, 0.05) is 26.0 Å². The zero-order valence-corrected chi connectivity index (χ0v) is 11.7. The van der Waals surface area contributed by atoms with Crippen LogP contribution < -0.4 is 5.73 Å². The second-order valence-electron chi connectivity index (χ2n) is 4.64. The molecule has 8 nitrogen and oxygen atoms in total. The Morgan fingerprint density at radius 1 is 1.35 bits per heavy atom. The molecule has 3 heterocycles. The molecule has 2 aromatic rings. The zero-order chi connectivity index (χ0) is 14.3.